The second-order valence-corrected chi connectivity index (χ2v) is 8.35. The van der Waals surface area contributed by atoms with Crippen LogP contribution >= 0.6 is 23.4 Å². The summed E-state index contributed by atoms with van der Waals surface area (Å²) in [6, 6.07) is 7.54. The van der Waals surface area contributed by atoms with E-state index < -0.39 is 0 Å². The Morgan fingerprint density at radius 3 is 2.54 bits per heavy atom. The molecule has 1 N–H and O–H groups in total. The van der Waals surface area contributed by atoms with Gasteiger partial charge in [-0.15, -0.1) is 10.2 Å². The molecule has 0 bridgehead atoms. The molecule has 26 heavy (non-hydrogen) atoms. The molecule has 1 fully saturated rings. The molecule has 0 unspecified atom stereocenters. The topological polar surface area (TPSA) is 63.1 Å². The van der Waals surface area contributed by atoms with E-state index in [1.54, 1.807) is 0 Å². The van der Waals surface area contributed by atoms with Crippen LogP contribution in [0.4, 0.5) is 0 Å². The SMILES string of the molecule is Cc1nnc2n1N[C@@H](c1ccc(Cl)cc1)[C@@H](C(=O)N1CCCCCC1)S2. The number of likely N-dealkylation sites (tertiary alicyclic amines) is 1. The highest BCUT2D eigenvalue weighted by atomic mass is 35.5. The molecule has 3 heterocycles. The number of nitrogens with one attached hydrogen (secondary N) is 1. The number of aryl methyl sites for hydroxylation is 1. The van der Waals surface area contributed by atoms with Gasteiger partial charge in [0.05, 0.1) is 6.04 Å². The van der Waals surface area contributed by atoms with Crippen molar-refractivity contribution < 1.29 is 4.79 Å². The largest absolute Gasteiger partial charge is 0.342 e. The lowest BCUT2D eigenvalue weighted by Gasteiger charge is -2.35. The van der Waals surface area contributed by atoms with Gasteiger partial charge in [-0.05, 0) is 37.5 Å². The summed E-state index contributed by atoms with van der Waals surface area (Å²) in [4.78, 5) is 15.4. The van der Waals surface area contributed by atoms with Crippen LogP contribution in [-0.2, 0) is 4.79 Å². The number of hydrogen-bond donors (Lipinski definition) is 1. The summed E-state index contributed by atoms with van der Waals surface area (Å²) in [5, 5.41) is 9.51. The van der Waals surface area contributed by atoms with E-state index in [1.807, 2.05) is 40.8 Å². The Morgan fingerprint density at radius 2 is 1.85 bits per heavy atom. The van der Waals surface area contributed by atoms with Crippen molar-refractivity contribution in [1.29, 1.82) is 0 Å². The number of fused-ring (bicyclic) bond motifs is 1. The quantitative estimate of drug-likeness (QED) is 0.850. The van der Waals surface area contributed by atoms with E-state index in [2.05, 4.69) is 15.6 Å². The molecule has 0 aliphatic carbocycles. The van der Waals surface area contributed by atoms with Crippen LogP contribution < -0.4 is 5.43 Å². The van der Waals surface area contributed by atoms with Crippen LogP contribution in [0.5, 0.6) is 0 Å². The zero-order chi connectivity index (χ0) is 18.1. The first kappa shape index (κ1) is 17.7. The number of hydrogen-bond acceptors (Lipinski definition) is 5. The van der Waals surface area contributed by atoms with Crippen molar-refractivity contribution in [3.63, 3.8) is 0 Å². The Hall–Kier alpha value is -1.73. The van der Waals surface area contributed by atoms with Gasteiger partial charge in [-0.2, -0.15) is 0 Å². The van der Waals surface area contributed by atoms with E-state index in [4.69, 9.17) is 11.6 Å². The summed E-state index contributed by atoms with van der Waals surface area (Å²) in [6.45, 7) is 3.59. The highest BCUT2D eigenvalue weighted by Crippen LogP contribution is 2.38. The van der Waals surface area contributed by atoms with Gasteiger partial charge in [0.15, 0.2) is 0 Å². The van der Waals surface area contributed by atoms with Gasteiger partial charge in [0.1, 0.15) is 11.1 Å². The number of carbonyl (C=O) groups is 1. The minimum Gasteiger partial charge on any atom is -0.342 e. The Bertz CT molecular complexity index is 785. The molecule has 0 saturated carbocycles. The van der Waals surface area contributed by atoms with E-state index in [-0.39, 0.29) is 17.2 Å². The number of carbonyl (C=O) groups excluding carboxylic acids is 1. The predicted molar refractivity (Wildman–Crippen MR) is 103 cm³/mol. The maximum absolute atomic E-state index is 13.4. The molecule has 2 aliphatic rings. The van der Waals surface area contributed by atoms with Gasteiger partial charge in [0, 0.05) is 18.1 Å². The van der Waals surface area contributed by atoms with Crippen LogP contribution in [0.2, 0.25) is 5.02 Å². The third-order valence-electron chi connectivity index (χ3n) is 4.99. The predicted octanol–water partition coefficient (Wildman–Crippen LogP) is 3.40. The number of benzene rings is 1. The van der Waals surface area contributed by atoms with Crippen LogP contribution in [0.15, 0.2) is 29.4 Å². The van der Waals surface area contributed by atoms with Gasteiger partial charge in [0.25, 0.3) is 0 Å². The Kier molecular flexibility index (Phi) is 5.09. The monoisotopic (exact) mass is 391 g/mol. The maximum atomic E-state index is 13.4. The molecule has 2 atom stereocenters. The third-order valence-corrected chi connectivity index (χ3v) is 6.44. The number of thioether (sulfide) groups is 1. The average molecular weight is 392 g/mol. The molecule has 8 heteroatoms. The Balaban J connectivity index is 1.66. The normalized spacial score (nSPS) is 23.1. The van der Waals surface area contributed by atoms with E-state index in [1.165, 1.54) is 24.6 Å². The summed E-state index contributed by atoms with van der Waals surface area (Å²) < 4.78 is 1.87. The summed E-state index contributed by atoms with van der Waals surface area (Å²) in [6.07, 6.45) is 4.57. The molecule has 1 amide bonds. The van der Waals surface area contributed by atoms with Crippen LogP contribution in [0.25, 0.3) is 0 Å². The van der Waals surface area contributed by atoms with Crippen molar-refractivity contribution in [2.24, 2.45) is 0 Å². The summed E-state index contributed by atoms with van der Waals surface area (Å²) in [5.74, 6) is 0.961. The van der Waals surface area contributed by atoms with Gasteiger partial charge in [-0.1, -0.05) is 48.3 Å². The van der Waals surface area contributed by atoms with Crippen molar-refractivity contribution >= 4 is 29.3 Å². The van der Waals surface area contributed by atoms with E-state index in [9.17, 15) is 4.79 Å². The standard InChI is InChI=1S/C18H22ClN5OS/c1-12-20-21-18-24(12)22-15(13-6-8-14(19)9-7-13)16(26-18)17(25)23-10-4-2-3-5-11-23/h6-9,15-16,22H,2-5,10-11H2,1H3/t15-,16-/m0/s1. The fraction of sp³-hybridized carbons (Fsp3) is 0.500. The second kappa shape index (κ2) is 7.48. The van der Waals surface area contributed by atoms with Gasteiger partial charge in [0.2, 0.25) is 11.1 Å². The molecular weight excluding hydrogens is 370 g/mol. The first-order valence-electron chi connectivity index (χ1n) is 9.03. The molecule has 1 aromatic heterocycles. The van der Waals surface area contributed by atoms with Crippen LogP contribution in [0.1, 0.15) is 43.1 Å². The Labute approximate surface area is 162 Å². The van der Waals surface area contributed by atoms with Crippen molar-refractivity contribution in [2.45, 2.75) is 49.1 Å². The molecule has 0 radical (unpaired) electrons. The fourth-order valence-electron chi connectivity index (χ4n) is 3.54. The molecule has 4 rings (SSSR count). The van der Waals surface area contributed by atoms with E-state index >= 15 is 0 Å². The van der Waals surface area contributed by atoms with Crippen LogP contribution in [0, 0.1) is 6.92 Å². The summed E-state index contributed by atoms with van der Waals surface area (Å²) in [7, 11) is 0. The first-order chi connectivity index (χ1) is 12.6. The van der Waals surface area contributed by atoms with Crippen molar-refractivity contribution in [1.82, 2.24) is 19.8 Å². The van der Waals surface area contributed by atoms with Gasteiger partial charge < -0.3 is 10.3 Å². The molecular formula is C18H22ClN5OS. The maximum Gasteiger partial charge on any atom is 0.238 e. The number of amides is 1. The van der Waals surface area contributed by atoms with Gasteiger partial charge >= 0.3 is 0 Å². The fourth-order valence-corrected chi connectivity index (χ4v) is 4.88. The molecule has 2 aromatic rings. The zero-order valence-electron chi connectivity index (χ0n) is 14.7. The smallest absolute Gasteiger partial charge is 0.238 e. The van der Waals surface area contributed by atoms with E-state index in [0.717, 1.165) is 42.5 Å². The van der Waals surface area contributed by atoms with Gasteiger partial charge in [-0.25, -0.2) is 4.68 Å². The van der Waals surface area contributed by atoms with Crippen LogP contribution in [0.3, 0.4) is 0 Å². The first-order valence-corrected chi connectivity index (χ1v) is 10.3. The summed E-state index contributed by atoms with van der Waals surface area (Å²) >= 11 is 7.55. The Morgan fingerprint density at radius 1 is 1.15 bits per heavy atom. The summed E-state index contributed by atoms with van der Waals surface area (Å²) in [5.41, 5.74) is 4.48. The lowest BCUT2D eigenvalue weighted by molar-refractivity contribution is -0.131. The second-order valence-electron chi connectivity index (χ2n) is 6.80. The number of halogens is 1. The number of aromatic nitrogens is 3. The van der Waals surface area contributed by atoms with E-state index in [0.29, 0.717) is 5.02 Å². The number of nitrogens with zero attached hydrogens (tertiary/aromatic N) is 4. The molecule has 1 aromatic carbocycles. The van der Waals surface area contributed by atoms with Crippen LogP contribution in [-0.4, -0.2) is 44.0 Å². The van der Waals surface area contributed by atoms with Crippen molar-refractivity contribution in [2.75, 3.05) is 18.5 Å². The minimum atomic E-state index is -0.273. The van der Waals surface area contributed by atoms with Gasteiger partial charge in [-0.3, -0.25) is 4.79 Å². The molecule has 2 aliphatic heterocycles. The number of rotatable bonds is 2. The molecule has 138 valence electrons. The molecule has 0 spiro atoms. The highest BCUT2D eigenvalue weighted by Gasteiger charge is 2.39. The lowest BCUT2D eigenvalue weighted by atomic mass is 10.0. The molecule has 6 nitrogen and oxygen atoms in total. The minimum absolute atomic E-state index is 0.157. The van der Waals surface area contributed by atoms with Crippen molar-refractivity contribution in [3.05, 3.63) is 40.7 Å². The highest BCUT2D eigenvalue weighted by molar-refractivity contribution is 8.00. The molecule has 1 saturated heterocycles. The van der Waals surface area contributed by atoms with Crippen molar-refractivity contribution in [3.8, 4) is 0 Å². The third kappa shape index (κ3) is 3.42. The zero-order valence-corrected chi connectivity index (χ0v) is 16.3. The lowest BCUT2D eigenvalue weighted by Crippen LogP contribution is -2.46. The average Bonchev–Trinajstić information content (AvgIpc) is 2.86.